The lowest BCUT2D eigenvalue weighted by Crippen LogP contribution is -2.36. The highest BCUT2D eigenvalue weighted by Gasteiger charge is 2.11. The molecule has 5 nitrogen and oxygen atoms in total. The third kappa shape index (κ3) is 3.90. The van der Waals surface area contributed by atoms with Crippen LogP contribution in [0.3, 0.4) is 0 Å². The quantitative estimate of drug-likeness (QED) is 0.679. The van der Waals surface area contributed by atoms with Crippen LogP contribution in [0.2, 0.25) is 0 Å². The van der Waals surface area contributed by atoms with Gasteiger partial charge in [0.25, 0.3) is 0 Å². The van der Waals surface area contributed by atoms with E-state index in [-0.39, 0.29) is 0 Å². The summed E-state index contributed by atoms with van der Waals surface area (Å²) in [4.78, 5) is 0. The lowest BCUT2D eigenvalue weighted by Gasteiger charge is -2.22. The van der Waals surface area contributed by atoms with Gasteiger partial charge in [0.05, 0.1) is 6.20 Å². The molecule has 0 aliphatic carbocycles. The van der Waals surface area contributed by atoms with E-state index in [4.69, 9.17) is 0 Å². The maximum absolute atomic E-state index is 3.93. The fourth-order valence-corrected chi connectivity index (χ4v) is 2.12. The lowest BCUT2D eigenvalue weighted by atomic mass is 10.00. The maximum Gasteiger partial charge on any atom is 0.0692 e. The molecule has 16 heavy (non-hydrogen) atoms. The highest BCUT2D eigenvalue weighted by Crippen LogP contribution is 2.07. The minimum absolute atomic E-state index is 0.820. The molecule has 2 heterocycles. The second kappa shape index (κ2) is 6.60. The van der Waals surface area contributed by atoms with Gasteiger partial charge in [0.15, 0.2) is 0 Å². The van der Waals surface area contributed by atoms with Crippen molar-refractivity contribution in [1.29, 1.82) is 0 Å². The van der Waals surface area contributed by atoms with E-state index in [0.717, 1.165) is 32.0 Å². The molecule has 1 fully saturated rings. The fraction of sp³-hybridized carbons (Fsp3) is 0.818. The van der Waals surface area contributed by atoms with Crippen molar-refractivity contribution in [3.8, 4) is 0 Å². The first-order valence-electron chi connectivity index (χ1n) is 6.20. The molecule has 0 bridgehead atoms. The monoisotopic (exact) mass is 223 g/mol. The molecule has 1 aliphatic heterocycles. The topological polar surface area (TPSA) is 54.8 Å². The molecule has 1 aromatic rings. The van der Waals surface area contributed by atoms with Crippen LogP contribution in [0.1, 0.15) is 19.3 Å². The lowest BCUT2D eigenvalue weighted by molar-refractivity contribution is 0.358. The van der Waals surface area contributed by atoms with Crippen molar-refractivity contribution in [2.45, 2.75) is 25.8 Å². The second-order valence-electron chi connectivity index (χ2n) is 4.44. The van der Waals surface area contributed by atoms with E-state index in [2.05, 4.69) is 20.9 Å². The van der Waals surface area contributed by atoms with Crippen LogP contribution in [0, 0.1) is 5.92 Å². The van der Waals surface area contributed by atoms with Crippen molar-refractivity contribution in [2.75, 3.05) is 26.2 Å². The van der Waals surface area contributed by atoms with Gasteiger partial charge < -0.3 is 10.6 Å². The average molecular weight is 223 g/mol. The van der Waals surface area contributed by atoms with Gasteiger partial charge in [-0.15, -0.1) is 5.10 Å². The maximum atomic E-state index is 3.93. The number of aromatic nitrogens is 3. The molecule has 0 saturated carbocycles. The van der Waals surface area contributed by atoms with Crippen LogP contribution >= 0.6 is 0 Å². The van der Waals surface area contributed by atoms with Crippen molar-refractivity contribution in [1.82, 2.24) is 25.6 Å². The third-order valence-electron chi connectivity index (χ3n) is 3.04. The van der Waals surface area contributed by atoms with Gasteiger partial charge in [0.2, 0.25) is 0 Å². The van der Waals surface area contributed by atoms with E-state index in [1.165, 1.54) is 25.9 Å². The van der Waals surface area contributed by atoms with E-state index in [0.29, 0.717) is 0 Å². The molecule has 0 spiro atoms. The van der Waals surface area contributed by atoms with Crippen LogP contribution < -0.4 is 10.6 Å². The average Bonchev–Trinajstić information content (AvgIpc) is 2.83. The Kier molecular flexibility index (Phi) is 4.76. The smallest absolute Gasteiger partial charge is 0.0692 e. The van der Waals surface area contributed by atoms with Gasteiger partial charge in [0.1, 0.15) is 0 Å². The number of rotatable bonds is 6. The van der Waals surface area contributed by atoms with Crippen LogP contribution in [0.15, 0.2) is 12.4 Å². The third-order valence-corrected chi connectivity index (χ3v) is 3.04. The molecule has 1 unspecified atom stereocenters. The number of hydrogen-bond donors (Lipinski definition) is 2. The normalized spacial score (nSPS) is 21.1. The Morgan fingerprint density at radius 1 is 1.50 bits per heavy atom. The number of nitrogens with one attached hydrogen (secondary N) is 2. The Balaban J connectivity index is 1.48. The first-order chi connectivity index (χ1) is 7.95. The Hall–Kier alpha value is -0.940. The predicted molar refractivity (Wildman–Crippen MR) is 63.1 cm³/mol. The largest absolute Gasteiger partial charge is 0.316 e. The number of piperidine rings is 1. The molecule has 1 atom stereocenters. The van der Waals surface area contributed by atoms with E-state index < -0.39 is 0 Å². The van der Waals surface area contributed by atoms with Gasteiger partial charge in [-0.2, -0.15) is 0 Å². The summed E-state index contributed by atoms with van der Waals surface area (Å²) in [7, 11) is 0. The van der Waals surface area contributed by atoms with Crippen LogP contribution in [-0.4, -0.2) is 41.2 Å². The first kappa shape index (κ1) is 11.5. The summed E-state index contributed by atoms with van der Waals surface area (Å²) in [6.07, 6.45) is 7.43. The summed E-state index contributed by atoms with van der Waals surface area (Å²) >= 11 is 0. The molecule has 1 aliphatic rings. The van der Waals surface area contributed by atoms with Crippen LogP contribution in [-0.2, 0) is 6.54 Å². The van der Waals surface area contributed by atoms with Crippen molar-refractivity contribution < 1.29 is 0 Å². The van der Waals surface area contributed by atoms with E-state index in [1.54, 1.807) is 6.20 Å². The molecule has 1 aromatic heterocycles. The molecular formula is C11H21N5. The van der Waals surface area contributed by atoms with Crippen LogP contribution in [0.5, 0.6) is 0 Å². The zero-order chi connectivity index (χ0) is 11.1. The summed E-state index contributed by atoms with van der Waals surface area (Å²) < 4.78 is 1.88. The number of nitrogens with zero attached hydrogens (tertiary/aromatic N) is 3. The summed E-state index contributed by atoms with van der Waals surface area (Å²) in [6.45, 7) is 5.54. The minimum Gasteiger partial charge on any atom is -0.316 e. The van der Waals surface area contributed by atoms with Gasteiger partial charge in [-0.3, -0.25) is 4.68 Å². The van der Waals surface area contributed by atoms with E-state index in [9.17, 15) is 0 Å². The minimum atomic E-state index is 0.820. The fourth-order valence-electron chi connectivity index (χ4n) is 2.12. The Labute approximate surface area is 96.6 Å². The van der Waals surface area contributed by atoms with Crippen molar-refractivity contribution in [2.24, 2.45) is 5.92 Å². The standard InChI is InChI=1S/C11H21N5/c1-3-11(9-12-4-1)10-13-5-2-7-16-8-6-14-15-16/h6,8,11-13H,1-5,7,9-10H2. The van der Waals surface area contributed by atoms with Gasteiger partial charge in [-0.25, -0.2) is 0 Å². The molecule has 0 aromatic carbocycles. The van der Waals surface area contributed by atoms with Gasteiger partial charge in [0, 0.05) is 12.7 Å². The zero-order valence-electron chi connectivity index (χ0n) is 9.73. The van der Waals surface area contributed by atoms with Crippen molar-refractivity contribution >= 4 is 0 Å². The molecule has 1 saturated heterocycles. The second-order valence-corrected chi connectivity index (χ2v) is 4.44. The summed E-state index contributed by atoms with van der Waals surface area (Å²) in [5.74, 6) is 0.820. The highest BCUT2D eigenvalue weighted by molar-refractivity contribution is 4.71. The summed E-state index contributed by atoms with van der Waals surface area (Å²) in [5, 5.41) is 14.7. The SMILES string of the molecule is c1cn(CCCNCC2CCCNC2)nn1. The van der Waals surface area contributed by atoms with E-state index >= 15 is 0 Å². The van der Waals surface area contributed by atoms with Crippen molar-refractivity contribution in [3.05, 3.63) is 12.4 Å². The number of hydrogen-bond acceptors (Lipinski definition) is 4. The summed E-state index contributed by atoms with van der Waals surface area (Å²) in [5.41, 5.74) is 0. The van der Waals surface area contributed by atoms with E-state index in [1.807, 2.05) is 10.9 Å². The molecule has 2 rings (SSSR count). The number of aryl methyl sites for hydroxylation is 1. The van der Waals surface area contributed by atoms with Crippen LogP contribution in [0.4, 0.5) is 0 Å². The molecular weight excluding hydrogens is 202 g/mol. The molecule has 90 valence electrons. The van der Waals surface area contributed by atoms with Crippen molar-refractivity contribution in [3.63, 3.8) is 0 Å². The molecule has 2 N–H and O–H groups in total. The molecule has 0 radical (unpaired) electrons. The Bertz CT molecular complexity index is 266. The summed E-state index contributed by atoms with van der Waals surface area (Å²) in [6, 6.07) is 0. The van der Waals surface area contributed by atoms with Gasteiger partial charge in [-0.05, 0) is 51.4 Å². The Morgan fingerprint density at radius 2 is 2.50 bits per heavy atom. The van der Waals surface area contributed by atoms with Gasteiger partial charge >= 0.3 is 0 Å². The van der Waals surface area contributed by atoms with Gasteiger partial charge in [-0.1, -0.05) is 5.21 Å². The van der Waals surface area contributed by atoms with Crippen LogP contribution in [0.25, 0.3) is 0 Å². The highest BCUT2D eigenvalue weighted by atomic mass is 15.4. The zero-order valence-corrected chi connectivity index (χ0v) is 9.73. The predicted octanol–water partition coefficient (Wildman–Crippen LogP) is 0.257. The molecule has 0 amide bonds. The molecule has 5 heteroatoms. The Morgan fingerprint density at radius 3 is 3.25 bits per heavy atom. The first-order valence-corrected chi connectivity index (χ1v) is 6.20.